The molecular formula is C27H27N3O4. The van der Waals surface area contributed by atoms with Gasteiger partial charge in [-0.3, -0.25) is 0 Å². The molecule has 1 saturated heterocycles. The van der Waals surface area contributed by atoms with Gasteiger partial charge in [-0.25, -0.2) is 4.79 Å². The van der Waals surface area contributed by atoms with Gasteiger partial charge < -0.3 is 19.1 Å². The number of hydrogen-bond donors (Lipinski definition) is 0. The molecule has 0 aromatic heterocycles. The van der Waals surface area contributed by atoms with Gasteiger partial charge in [-0.15, -0.1) is 0 Å². The number of carbonyl (C=O) groups is 1. The zero-order valence-corrected chi connectivity index (χ0v) is 19.9. The number of nitrogens with zero attached hydrogens (tertiary/aromatic N) is 3. The summed E-state index contributed by atoms with van der Waals surface area (Å²) in [7, 11) is 3.05. The highest BCUT2D eigenvalue weighted by atomic mass is 16.6. The molecule has 0 bridgehead atoms. The predicted octanol–water partition coefficient (Wildman–Crippen LogP) is 4.45. The maximum Gasteiger partial charge on any atom is 0.330 e. The van der Waals surface area contributed by atoms with Crippen molar-refractivity contribution in [3.8, 4) is 23.6 Å². The minimum absolute atomic E-state index is 0.452. The van der Waals surface area contributed by atoms with E-state index in [0.29, 0.717) is 17.1 Å². The second kappa shape index (κ2) is 8.43. The molecule has 7 nitrogen and oxygen atoms in total. The number of benzene rings is 2. The highest BCUT2D eigenvalue weighted by Crippen LogP contribution is 2.56. The Balaban J connectivity index is 1.99. The van der Waals surface area contributed by atoms with Crippen LogP contribution in [-0.2, 0) is 9.53 Å². The van der Waals surface area contributed by atoms with E-state index >= 15 is 0 Å². The van der Waals surface area contributed by atoms with Crippen molar-refractivity contribution in [1.29, 1.82) is 10.5 Å². The number of ether oxygens (including phenoxy) is 3. The predicted molar refractivity (Wildman–Crippen MR) is 127 cm³/mol. The summed E-state index contributed by atoms with van der Waals surface area (Å²) in [4.78, 5) is 15.6. The number of fused-ring (bicyclic) bond motifs is 3. The number of nitriles is 2. The van der Waals surface area contributed by atoms with Crippen LogP contribution in [0.15, 0.2) is 48.5 Å². The maximum absolute atomic E-state index is 13.7. The van der Waals surface area contributed by atoms with Gasteiger partial charge in [0, 0.05) is 11.6 Å². The zero-order valence-electron chi connectivity index (χ0n) is 19.9. The summed E-state index contributed by atoms with van der Waals surface area (Å²) in [6.45, 7) is 5.40. The number of anilines is 1. The molecule has 3 atom stereocenters. The van der Waals surface area contributed by atoms with Gasteiger partial charge in [0.1, 0.15) is 11.6 Å². The third kappa shape index (κ3) is 3.54. The SMILES string of the molecule is COc1ccc([C@@H]2[C@@H](C(=O)OC(C)(C)C)N3c4ccccc4C=C[C@@H]3C2(C#N)C#N)cc1OC. The summed E-state index contributed by atoms with van der Waals surface area (Å²) in [5.74, 6) is -0.332. The molecule has 0 radical (unpaired) electrons. The van der Waals surface area contributed by atoms with E-state index in [0.717, 1.165) is 11.3 Å². The van der Waals surface area contributed by atoms with Gasteiger partial charge in [0.25, 0.3) is 0 Å². The third-order valence-electron chi connectivity index (χ3n) is 6.33. The first-order valence-electron chi connectivity index (χ1n) is 11.0. The van der Waals surface area contributed by atoms with Gasteiger partial charge >= 0.3 is 5.97 Å². The van der Waals surface area contributed by atoms with Crippen LogP contribution in [0.4, 0.5) is 5.69 Å². The Kier molecular flexibility index (Phi) is 5.75. The van der Waals surface area contributed by atoms with Crippen molar-refractivity contribution < 1.29 is 19.0 Å². The Morgan fingerprint density at radius 3 is 2.32 bits per heavy atom. The number of hydrogen-bond acceptors (Lipinski definition) is 7. The molecule has 174 valence electrons. The lowest BCUT2D eigenvalue weighted by Gasteiger charge is -2.36. The average molecular weight is 458 g/mol. The van der Waals surface area contributed by atoms with Crippen LogP contribution in [0.5, 0.6) is 11.5 Å². The average Bonchev–Trinajstić information content (AvgIpc) is 3.13. The Hall–Kier alpha value is -3.97. The zero-order chi connectivity index (χ0) is 24.7. The molecule has 0 saturated carbocycles. The second-order valence-corrected chi connectivity index (χ2v) is 9.43. The third-order valence-corrected chi connectivity index (χ3v) is 6.33. The molecule has 2 aromatic rings. The van der Waals surface area contributed by atoms with Gasteiger partial charge in [0.05, 0.1) is 32.4 Å². The fourth-order valence-electron chi connectivity index (χ4n) is 4.99. The van der Waals surface area contributed by atoms with E-state index in [4.69, 9.17) is 14.2 Å². The van der Waals surface area contributed by atoms with E-state index in [9.17, 15) is 15.3 Å². The van der Waals surface area contributed by atoms with Crippen molar-refractivity contribution in [2.75, 3.05) is 19.1 Å². The van der Waals surface area contributed by atoms with Crippen LogP contribution >= 0.6 is 0 Å². The van der Waals surface area contributed by atoms with Gasteiger partial charge in [0.15, 0.2) is 16.9 Å². The van der Waals surface area contributed by atoms with Crippen molar-refractivity contribution in [3.63, 3.8) is 0 Å². The Labute approximate surface area is 199 Å². The van der Waals surface area contributed by atoms with Crippen LogP contribution in [-0.4, -0.2) is 37.9 Å². The molecule has 2 aliphatic heterocycles. The lowest BCUT2D eigenvalue weighted by molar-refractivity contribution is -0.156. The van der Waals surface area contributed by atoms with E-state index < -0.39 is 35.0 Å². The molecule has 34 heavy (non-hydrogen) atoms. The largest absolute Gasteiger partial charge is 0.493 e. The minimum atomic E-state index is -1.55. The molecule has 2 heterocycles. The van der Waals surface area contributed by atoms with Gasteiger partial charge in [-0.05, 0) is 50.1 Å². The van der Waals surface area contributed by atoms with Crippen molar-refractivity contribution in [3.05, 3.63) is 59.7 Å². The monoisotopic (exact) mass is 457 g/mol. The van der Waals surface area contributed by atoms with Crippen LogP contribution in [0.3, 0.4) is 0 Å². The van der Waals surface area contributed by atoms with Crippen molar-refractivity contribution >= 4 is 17.7 Å². The molecular weight excluding hydrogens is 430 g/mol. The number of rotatable bonds is 4. The van der Waals surface area contributed by atoms with Gasteiger partial charge in [-0.1, -0.05) is 36.4 Å². The Morgan fingerprint density at radius 1 is 1.03 bits per heavy atom. The lowest BCUT2D eigenvalue weighted by Crippen LogP contribution is -2.46. The molecule has 2 aliphatic rings. The number of para-hydroxylation sites is 1. The standard InChI is InChI=1S/C27H27N3O4/c1-26(2,3)34-25(31)24-23(18-10-12-20(32-4)21(14-18)33-5)27(15-28,16-29)22-13-11-17-8-6-7-9-19(17)30(22)24/h6-14,22-24H,1-5H3/t22-,23-,24+/m1/s1. The van der Waals surface area contributed by atoms with Crippen molar-refractivity contribution in [2.24, 2.45) is 5.41 Å². The van der Waals surface area contributed by atoms with E-state index in [1.807, 2.05) is 41.3 Å². The molecule has 0 unspecified atom stereocenters. The van der Waals surface area contributed by atoms with E-state index in [1.54, 1.807) is 39.0 Å². The van der Waals surface area contributed by atoms with Crippen molar-refractivity contribution in [1.82, 2.24) is 0 Å². The van der Waals surface area contributed by atoms with Crippen molar-refractivity contribution in [2.45, 2.75) is 44.4 Å². The highest BCUT2D eigenvalue weighted by Gasteiger charge is 2.64. The summed E-state index contributed by atoms with van der Waals surface area (Å²) in [5.41, 5.74) is 0.0148. The van der Waals surface area contributed by atoms with Gasteiger partial charge in [0.2, 0.25) is 0 Å². The second-order valence-electron chi connectivity index (χ2n) is 9.43. The molecule has 2 aromatic carbocycles. The fraction of sp³-hybridized carbons (Fsp3) is 0.370. The molecule has 0 amide bonds. The van der Waals surface area contributed by atoms with E-state index in [2.05, 4.69) is 12.1 Å². The lowest BCUT2D eigenvalue weighted by atomic mass is 9.70. The van der Waals surface area contributed by atoms with Crippen LogP contribution < -0.4 is 14.4 Å². The topological polar surface area (TPSA) is 95.6 Å². The first-order chi connectivity index (χ1) is 16.2. The summed E-state index contributed by atoms with van der Waals surface area (Å²) in [6, 6.07) is 15.9. The highest BCUT2D eigenvalue weighted by molar-refractivity contribution is 5.88. The number of carbonyl (C=O) groups excluding carboxylic acids is 1. The first-order valence-corrected chi connectivity index (χ1v) is 11.0. The number of esters is 1. The quantitative estimate of drug-likeness (QED) is 0.626. The summed E-state index contributed by atoms with van der Waals surface area (Å²) in [5, 5.41) is 20.9. The Bertz CT molecular complexity index is 1220. The maximum atomic E-state index is 13.7. The molecule has 4 rings (SSSR count). The molecule has 7 heteroatoms. The summed E-state index contributed by atoms with van der Waals surface area (Å²) < 4.78 is 16.7. The van der Waals surface area contributed by atoms with E-state index in [-0.39, 0.29) is 0 Å². The summed E-state index contributed by atoms with van der Waals surface area (Å²) in [6.07, 6.45) is 3.75. The molecule has 0 spiro atoms. The van der Waals surface area contributed by atoms with Crippen LogP contribution in [0.2, 0.25) is 0 Å². The molecule has 0 aliphatic carbocycles. The molecule has 1 fully saturated rings. The van der Waals surface area contributed by atoms with E-state index in [1.165, 1.54) is 14.2 Å². The Morgan fingerprint density at radius 2 is 1.71 bits per heavy atom. The first kappa shape index (κ1) is 23.2. The molecule has 0 N–H and O–H groups in total. The normalized spacial score (nSPS) is 22.1. The summed E-state index contributed by atoms with van der Waals surface area (Å²) >= 11 is 0. The van der Waals surface area contributed by atoms with Crippen LogP contribution in [0.25, 0.3) is 6.08 Å². The fourth-order valence-corrected chi connectivity index (χ4v) is 4.99. The van der Waals surface area contributed by atoms with Crippen LogP contribution in [0, 0.1) is 28.1 Å². The minimum Gasteiger partial charge on any atom is -0.493 e. The van der Waals surface area contributed by atoms with Crippen LogP contribution in [0.1, 0.15) is 37.8 Å². The van der Waals surface area contributed by atoms with Gasteiger partial charge in [-0.2, -0.15) is 10.5 Å². The number of methoxy groups -OCH3 is 2. The smallest absolute Gasteiger partial charge is 0.330 e.